The van der Waals surface area contributed by atoms with Crippen molar-refractivity contribution in [2.24, 2.45) is 0 Å². The molecule has 1 heterocycles. The number of nitrogens with zero attached hydrogens (tertiary/aromatic N) is 1. The normalized spacial score (nSPS) is 16.4. The minimum atomic E-state index is 0. The van der Waals surface area contributed by atoms with E-state index in [4.69, 9.17) is 0 Å². The Balaban J connectivity index is 0.00000104. The molecule has 1 aliphatic heterocycles. The van der Waals surface area contributed by atoms with Gasteiger partial charge in [0.25, 0.3) is 0 Å². The van der Waals surface area contributed by atoms with Crippen LogP contribution >= 0.6 is 24.8 Å². The third kappa shape index (κ3) is 3.44. The molecule has 3 heteroatoms. The summed E-state index contributed by atoms with van der Waals surface area (Å²) in [5.41, 5.74) is 8.54. The van der Waals surface area contributed by atoms with Crippen molar-refractivity contribution in [1.29, 1.82) is 0 Å². The van der Waals surface area contributed by atoms with Crippen LogP contribution in [0.2, 0.25) is 0 Å². The van der Waals surface area contributed by atoms with Gasteiger partial charge >= 0.3 is 0 Å². The van der Waals surface area contributed by atoms with Gasteiger partial charge in [0.05, 0.1) is 0 Å². The second-order valence-electron chi connectivity index (χ2n) is 6.29. The Morgan fingerprint density at radius 3 is 1.67 bits per heavy atom. The lowest BCUT2D eigenvalue weighted by molar-refractivity contribution is 0.313. The van der Waals surface area contributed by atoms with Crippen molar-refractivity contribution in [2.75, 3.05) is 20.1 Å². The lowest BCUT2D eigenvalue weighted by atomic mass is 9.86. The molecule has 1 aliphatic carbocycles. The van der Waals surface area contributed by atoms with Crippen molar-refractivity contribution in [3.05, 3.63) is 76.4 Å². The molecule has 0 N–H and O–H groups in total. The van der Waals surface area contributed by atoms with Crippen LogP contribution in [-0.2, 0) is 0 Å². The average molecular weight is 360 g/mol. The molecule has 0 saturated carbocycles. The molecular formula is C21H23Cl2N. The van der Waals surface area contributed by atoms with Crippen LogP contribution in [0.25, 0.3) is 17.7 Å². The van der Waals surface area contributed by atoms with E-state index in [-0.39, 0.29) is 24.8 Å². The van der Waals surface area contributed by atoms with Crippen molar-refractivity contribution in [2.45, 2.75) is 12.8 Å². The van der Waals surface area contributed by atoms with Crippen LogP contribution in [0.15, 0.2) is 54.1 Å². The summed E-state index contributed by atoms with van der Waals surface area (Å²) in [4.78, 5) is 2.43. The van der Waals surface area contributed by atoms with Gasteiger partial charge in [-0.1, -0.05) is 66.3 Å². The maximum Gasteiger partial charge on any atom is 0.00160 e. The van der Waals surface area contributed by atoms with Crippen LogP contribution in [0.5, 0.6) is 0 Å². The van der Waals surface area contributed by atoms with E-state index in [9.17, 15) is 0 Å². The molecule has 2 aromatic carbocycles. The van der Waals surface area contributed by atoms with Crippen LogP contribution in [-0.4, -0.2) is 25.0 Å². The molecule has 4 rings (SSSR count). The fraction of sp³-hybridized carbons (Fsp3) is 0.238. The number of likely N-dealkylation sites (tertiary alicyclic amines) is 1. The number of halogens is 2. The van der Waals surface area contributed by atoms with Gasteiger partial charge in [-0.25, -0.2) is 0 Å². The van der Waals surface area contributed by atoms with E-state index in [0.29, 0.717) is 0 Å². The molecule has 0 unspecified atom stereocenters. The predicted molar refractivity (Wildman–Crippen MR) is 109 cm³/mol. The Morgan fingerprint density at radius 1 is 0.708 bits per heavy atom. The largest absolute Gasteiger partial charge is 0.306 e. The fourth-order valence-electron chi connectivity index (χ4n) is 3.58. The Kier molecular flexibility index (Phi) is 6.28. The maximum atomic E-state index is 2.43. The molecule has 126 valence electrons. The highest BCUT2D eigenvalue weighted by Gasteiger charge is 2.20. The van der Waals surface area contributed by atoms with Gasteiger partial charge in [0.15, 0.2) is 0 Å². The molecule has 2 aliphatic rings. The van der Waals surface area contributed by atoms with E-state index >= 15 is 0 Å². The summed E-state index contributed by atoms with van der Waals surface area (Å²) in [6.07, 6.45) is 6.87. The van der Waals surface area contributed by atoms with Crippen LogP contribution in [0.4, 0.5) is 0 Å². The molecule has 0 radical (unpaired) electrons. The minimum Gasteiger partial charge on any atom is -0.306 e. The van der Waals surface area contributed by atoms with Gasteiger partial charge in [0.1, 0.15) is 0 Å². The van der Waals surface area contributed by atoms with Crippen LogP contribution in [0, 0.1) is 0 Å². The number of rotatable bonds is 0. The summed E-state index contributed by atoms with van der Waals surface area (Å²) < 4.78 is 0. The monoisotopic (exact) mass is 359 g/mol. The Morgan fingerprint density at radius 2 is 1.17 bits per heavy atom. The SMILES string of the molecule is CN1CCC(=C2c3ccccc3C=Cc3ccccc32)CC1.Cl.Cl. The second-order valence-corrected chi connectivity index (χ2v) is 6.29. The molecule has 1 fully saturated rings. The first-order valence-electron chi connectivity index (χ1n) is 8.10. The molecular weight excluding hydrogens is 337 g/mol. The molecule has 1 nitrogen and oxygen atoms in total. The molecule has 2 aromatic rings. The van der Waals surface area contributed by atoms with E-state index in [1.807, 2.05) is 0 Å². The lowest BCUT2D eigenvalue weighted by Gasteiger charge is -2.27. The second kappa shape index (κ2) is 8.02. The summed E-state index contributed by atoms with van der Waals surface area (Å²) >= 11 is 0. The average Bonchev–Trinajstić information content (AvgIpc) is 2.73. The number of hydrogen-bond acceptors (Lipinski definition) is 1. The first-order valence-corrected chi connectivity index (χ1v) is 8.10. The molecule has 0 bridgehead atoms. The van der Waals surface area contributed by atoms with Gasteiger partial charge in [0.2, 0.25) is 0 Å². The molecule has 0 spiro atoms. The van der Waals surface area contributed by atoms with Crippen LogP contribution in [0.1, 0.15) is 35.1 Å². The zero-order valence-electron chi connectivity index (χ0n) is 13.9. The van der Waals surface area contributed by atoms with Gasteiger partial charge in [-0.3, -0.25) is 0 Å². The zero-order valence-corrected chi connectivity index (χ0v) is 15.5. The highest BCUT2D eigenvalue weighted by atomic mass is 35.5. The van der Waals surface area contributed by atoms with Crippen molar-refractivity contribution in [3.8, 4) is 0 Å². The standard InChI is InChI=1S/C21H21N.2ClH/c1-22-14-12-18(13-15-22)21-19-8-4-2-6-16(19)10-11-17-7-3-5-9-20(17)21;;/h2-11H,12-15H2,1H3;2*1H. The Bertz CT molecular complexity index is 715. The predicted octanol–water partition coefficient (Wildman–Crippen LogP) is 5.54. The molecule has 0 amide bonds. The van der Waals surface area contributed by atoms with Gasteiger partial charge in [-0.15, -0.1) is 24.8 Å². The first-order chi connectivity index (χ1) is 10.8. The summed E-state index contributed by atoms with van der Waals surface area (Å²) in [5, 5.41) is 0. The van der Waals surface area contributed by atoms with Crippen molar-refractivity contribution < 1.29 is 0 Å². The maximum absolute atomic E-state index is 2.43. The third-order valence-corrected chi connectivity index (χ3v) is 4.85. The molecule has 0 aromatic heterocycles. The van der Waals surface area contributed by atoms with Gasteiger partial charge in [0, 0.05) is 13.1 Å². The summed E-state index contributed by atoms with van der Waals surface area (Å²) in [6.45, 7) is 2.33. The van der Waals surface area contributed by atoms with Crippen LogP contribution in [0.3, 0.4) is 0 Å². The van der Waals surface area contributed by atoms with E-state index in [1.54, 1.807) is 5.57 Å². The number of piperidine rings is 1. The highest BCUT2D eigenvalue weighted by Crippen LogP contribution is 2.38. The number of fused-ring (bicyclic) bond motifs is 2. The molecule has 1 saturated heterocycles. The Hall–Kier alpha value is -1.54. The van der Waals surface area contributed by atoms with Gasteiger partial charge in [-0.2, -0.15) is 0 Å². The molecule has 24 heavy (non-hydrogen) atoms. The molecule has 0 atom stereocenters. The summed E-state index contributed by atoms with van der Waals surface area (Å²) in [5.74, 6) is 0. The van der Waals surface area contributed by atoms with E-state index in [2.05, 4.69) is 72.6 Å². The fourth-order valence-corrected chi connectivity index (χ4v) is 3.58. The minimum absolute atomic E-state index is 0. The van der Waals surface area contributed by atoms with E-state index in [1.165, 1.54) is 40.7 Å². The van der Waals surface area contributed by atoms with Crippen molar-refractivity contribution in [1.82, 2.24) is 4.90 Å². The van der Waals surface area contributed by atoms with E-state index < -0.39 is 0 Å². The smallest absolute Gasteiger partial charge is 0.00160 e. The first kappa shape index (κ1) is 18.8. The van der Waals surface area contributed by atoms with Crippen molar-refractivity contribution in [3.63, 3.8) is 0 Å². The lowest BCUT2D eigenvalue weighted by Crippen LogP contribution is -2.27. The topological polar surface area (TPSA) is 3.24 Å². The third-order valence-electron chi connectivity index (χ3n) is 4.85. The summed E-state index contributed by atoms with van der Waals surface area (Å²) in [7, 11) is 2.22. The Labute approximate surface area is 156 Å². The van der Waals surface area contributed by atoms with Gasteiger partial charge < -0.3 is 4.90 Å². The van der Waals surface area contributed by atoms with Gasteiger partial charge in [-0.05, 0) is 47.7 Å². The van der Waals surface area contributed by atoms with E-state index in [0.717, 1.165) is 13.1 Å². The quantitative estimate of drug-likeness (QED) is 0.509. The van der Waals surface area contributed by atoms with Crippen LogP contribution < -0.4 is 0 Å². The highest BCUT2D eigenvalue weighted by molar-refractivity contribution is 5.94. The number of benzene rings is 2. The zero-order chi connectivity index (χ0) is 14.9. The van der Waals surface area contributed by atoms with Crippen molar-refractivity contribution >= 4 is 42.5 Å². The number of hydrogen-bond donors (Lipinski definition) is 0. The summed E-state index contributed by atoms with van der Waals surface area (Å²) in [6, 6.07) is 17.6.